The van der Waals surface area contributed by atoms with Crippen molar-refractivity contribution in [2.45, 2.75) is 9.79 Å². The van der Waals surface area contributed by atoms with Crippen molar-refractivity contribution in [3.63, 3.8) is 0 Å². The zero-order chi connectivity index (χ0) is 17.0. The molecule has 0 bridgehead atoms. The van der Waals surface area contributed by atoms with E-state index < -0.39 is 9.84 Å². The maximum absolute atomic E-state index is 12.0. The predicted molar refractivity (Wildman–Crippen MR) is 98.1 cm³/mol. The van der Waals surface area contributed by atoms with Gasteiger partial charge in [0.25, 0.3) is 0 Å². The van der Waals surface area contributed by atoms with Gasteiger partial charge in [-0.15, -0.1) is 11.8 Å². The summed E-state index contributed by atoms with van der Waals surface area (Å²) in [6.45, 7) is 0. The van der Waals surface area contributed by atoms with Crippen LogP contribution in [0.4, 0.5) is 5.69 Å². The van der Waals surface area contributed by atoms with Gasteiger partial charge in [0.15, 0.2) is 9.84 Å². The summed E-state index contributed by atoms with van der Waals surface area (Å²) >= 11 is 10.7. The summed E-state index contributed by atoms with van der Waals surface area (Å²) in [5.41, 5.74) is 0.288. The highest BCUT2D eigenvalue weighted by molar-refractivity contribution is 9.10. The van der Waals surface area contributed by atoms with Crippen LogP contribution >= 0.6 is 39.3 Å². The molecule has 0 unspecified atom stereocenters. The van der Waals surface area contributed by atoms with Crippen molar-refractivity contribution in [1.82, 2.24) is 0 Å². The van der Waals surface area contributed by atoms with Gasteiger partial charge in [0.05, 0.1) is 21.4 Å². The first kappa shape index (κ1) is 18.3. The number of hydrogen-bond acceptors (Lipinski definition) is 4. The van der Waals surface area contributed by atoms with Crippen LogP contribution in [-0.4, -0.2) is 26.3 Å². The molecule has 0 aliphatic carbocycles. The minimum absolute atomic E-state index is 0.109. The number of anilines is 1. The number of hydrogen-bond donors (Lipinski definition) is 1. The van der Waals surface area contributed by atoms with E-state index in [0.717, 1.165) is 15.6 Å². The van der Waals surface area contributed by atoms with Gasteiger partial charge in [-0.25, -0.2) is 8.42 Å². The lowest BCUT2D eigenvalue weighted by Crippen LogP contribution is -2.14. The first-order chi connectivity index (χ1) is 10.8. The molecule has 0 heterocycles. The van der Waals surface area contributed by atoms with Crippen LogP contribution < -0.4 is 5.32 Å². The first-order valence-electron chi connectivity index (χ1n) is 6.43. The van der Waals surface area contributed by atoms with Crippen molar-refractivity contribution in [1.29, 1.82) is 0 Å². The van der Waals surface area contributed by atoms with E-state index in [4.69, 9.17) is 11.6 Å². The van der Waals surface area contributed by atoms with E-state index in [-0.39, 0.29) is 22.2 Å². The molecule has 0 radical (unpaired) electrons. The van der Waals surface area contributed by atoms with Crippen molar-refractivity contribution in [3.05, 3.63) is 52.0 Å². The first-order valence-corrected chi connectivity index (χ1v) is 10.5. The molecule has 23 heavy (non-hydrogen) atoms. The lowest BCUT2D eigenvalue weighted by Gasteiger charge is -2.09. The molecule has 0 atom stereocenters. The number of thioether (sulfide) groups is 1. The van der Waals surface area contributed by atoms with E-state index in [2.05, 4.69) is 21.2 Å². The van der Waals surface area contributed by atoms with Gasteiger partial charge in [0, 0.05) is 15.6 Å². The Morgan fingerprint density at radius 1 is 1.22 bits per heavy atom. The predicted octanol–water partition coefficient (Wildman–Crippen LogP) is 4.24. The normalized spacial score (nSPS) is 11.3. The number of carbonyl (C=O) groups excluding carboxylic acids is 1. The summed E-state index contributed by atoms with van der Waals surface area (Å²) in [5, 5.41) is 2.93. The fraction of sp³-hybridized carbons (Fsp3) is 0.133. The molecule has 0 aromatic heterocycles. The maximum atomic E-state index is 12.0. The molecular weight excluding hydrogens is 422 g/mol. The van der Waals surface area contributed by atoms with Gasteiger partial charge in [-0.05, 0) is 42.5 Å². The fourth-order valence-electron chi connectivity index (χ4n) is 1.70. The van der Waals surface area contributed by atoms with E-state index in [9.17, 15) is 13.2 Å². The molecule has 0 spiro atoms. The third kappa shape index (κ3) is 5.53. The quantitative estimate of drug-likeness (QED) is 0.715. The third-order valence-corrected chi connectivity index (χ3v) is 5.80. The van der Waals surface area contributed by atoms with Gasteiger partial charge < -0.3 is 5.32 Å². The van der Waals surface area contributed by atoms with Crippen LogP contribution in [0, 0.1) is 0 Å². The van der Waals surface area contributed by atoms with Crippen LogP contribution in [0.5, 0.6) is 0 Å². The summed E-state index contributed by atoms with van der Waals surface area (Å²) in [6, 6.07) is 11.8. The SMILES string of the molecule is CS(=O)(=O)c1ccc(Cl)c(NC(=O)CSc2ccc(Br)cc2)c1. The highest BCUT2D eigenvalue weighted by Crippen LogP contribution is 2.26. The summed E-state index contributed by atoms with van der Waals surface area (Å²) < 4.78 is 24.1. The monoisotopic (exact) mass is 433 g/mol. The van der Waals surface area contributed by atoms with Crippen LogP contribution in [-0.2, 0) is 14.6 Å². The molecule has 0 fully saturated rings. The zero-order valence-electron chi connectivity index (χ0n) is 12.0. The number of halogens is 2. The van der Waals surface area contributed by atoms with Crippen molar-refractivity contribution >= 4 is 60.7 Å². The molecule has 1 amide bonds. The van der Waals surface area contributed by atoms with Crippen molar-refractivity contribution in [3.8, 4) is 0 Å². The standard InChI is InChI=1S/C15H13BrClNO3S2/c1-23(20,21)12-6-7-13(17)14(8-12)18-15(19)9-22-11-4-2-10(16)3-5-11/h2-8H,9H2,1H3,(H,18,19). The van der Waals surface area contributed by atoms with Crippen LogP contribution in [0.3, 0.4) is 0 Å². The van der Waals surface area contributed by atoms with E-state index in [1.54, 1.807) is 0 Å². The second-order valence-corrected chi connectivity index (χ2v) is 9.09. The largest absolute Gasteiger partial charge is 0.324 e. The molecule has 0 aliphatic rings. The van der Waals surface area contributed by atoms with E-state index in [1.807, 2.05) is 24.3 Å². The molecule has 8 heteroatoms. The van der Waals surface area contributed by atoms with Crippen LogP contribution in [0.25, 0.3) is 0 Å². The van der Waals surface area contributed by atoms with Gasteiger partial charge in [-0.3, -0.25) is 4.79 Å². The van der Waals surface area contributed by atoms with Gasteiger partial charge in [-0.2, -0.15) is 0 Å². The Hall–Kier alpha value is -1.02. The number of nitrogens with one attached hydrogen (secondary N) is 1. The van der Waals surface area contributed by atoms with E-state index in [0.29, 0.717) is 5.02 Å². The molecule has 2 aromatic carbocycles. The Morgan fingerprint density at radius 3 is 2.48 bits per heavy atom. The molecule has 0 aliphatic heterocycles. The topological polar surface area (TPSA) is 63.2 Å². The van der Waals surface area contributed by atoms with Gasteiger partial charge in [0.1, 0.15) is 0 Å². The second kappa shape index (κ2) is 7.70. The highest BCUT2D eigenvalue weighted by Gasteiger charge is 2.12. The highest BCUT2D eigenvalue weighted by atomic mass is 79.9. The average molecular weight is 435 g/mol. The van der Waals surface area contributed by atoms with Crippen molar-refractivity contribution in [2.24, 2.45) is 0 Å². The Kier molecular flexibility index (Phi) is 6.13. The molecule has 2 rings (SSSR count). The van der Waals surface area contributed by atoms with Gasteiger partial charge >= 0.3 is 0 Å². The lowest BCUT2D eigenvalue weighted by molar-refractivity contribution is -0.113. The van der Waals surface area contributed by atoms with Gasteiger partial charge in [0.2, 0.25) is 5.91 Å². The summed E-state index contributed by atoms with van der Waals surface area (Å²) in [6.07, 6.45) is 1.10. The summed E-state index contributed by atoms with van der Waals surface area (Å²) in [5.74, 6) is -0.0633. The van der Waals surface area contributed by atoms with E-state index in [1.165, 1.54) is 30.0 Å². The number of benzene rings is 2. The number of amides is 1. The molecule has 2 aromatic rings. The van der Waals surface area contributed by atoms with Crippen LogP contribution in [0.15, 0.2) is 56.7 Å². The minimum Gasteiger partial charge on any atom is -0.324 e. The lowest BCUT2D eigenvalue weighted by atomic mass is 10.3. The van der Waals surface area contributed by atoms with Crippen LogP contribution in [0.2, 0.25) is 5.02 Å². The molecule has 4 nitrogen and oxygen atoms in total. The maximum Gasteiger partial charge on any atom is 0.234 e. The number of rotatable bonds is 5. The Labute approximate surface area is 152 Å². The van der Waals surface area contributed by atoms with Crippen molar-refractivity contribution in [2.75, 3.05) is 17.3 Å². The molecule has 0 saturated heterocycles. The Bertz CT molecular complexity index is 823. The van der Waals surface area contributed by atoms with E-state index >= 15 is 0 Å². The molecule has 0 saturated carbocycles. The fourth-order valence-corrected chi connectivity index (χ4v) is 3.47. The summed E-state index contributed by atoms with van der Waals surface area (Å²) in [4.78, 5) is 13.1. The Balaban J connectivity index is 2.04. The van der Waals surface area contributed by atoms with Crippen LogP contribution in [0.1, 0.15) is 0 Å². The van der Waals surface area contributed by atoms with Crippen molar-refractivity contribution < 1.29 is 13.2 Å². The molecule has 1 N–H and O–H groups in total. The Morgan fingerprint density at radius 2 is 1.87 bits per heavy atom. The number of sulfone groups is 1. The summed E-state index contributed by atoms with van der Waals surface area (Å²) in [7, 11) is -3.36. The zero-order valence-corrected chi connectivity index (χ0v) is 16.0. The molecular formula is C15H13BrClNO3S2. The van der Waals surface area contributed by atoms with Gasteiger partial charge in [-0.1, -0.05) is 27.5 Å². The molecule has 122 valence electrons. The second-order valence-electron chi connectivity index (χ2n) is 4.70. The number of carbonyl (C=O) groups is 1. The average Bonchev–Trinajstić information content (AvgIpc) is 2.48. The smallest absolute Gasteiger partial charge is 0.234 e. The minimum atomic E-state index is -3.36. The third-order valence-electron chi connectivity index (χ3n) is 2.82.